The minimum absolute atomic E-state index is 0.0346. The molecule has 2 heterocycles. The third-order valence-corrected chi connectivity index (χ3v) is 5.83. The molecule has 1 atom stereocenters. The van der Waals surface area contributed by atoms with Gasteiger partial charge in [-0.05, 0) is 43.9 Å². The third-order valence-electron chi connectivity index (χ3n) is 5.09. The number of carbonyl (C=O) groups is 2. The highest BCUT2D eigenvalue weighted by Crippen LogP contribution is 2.26. The summed E-state index contributed by atoms with van der Waals surface area (Å²) in [6.07, 6.45) is 3.90. The van der Waals surface area contributed by atoms with Crippen molar-refractivity contribution >= 4 is 40.7 Å². The molecule has 3 rings (SSSR count). The molecular formula is C21H26Cl2N4O3. The van der Waals surface area contributed by atoms with Crippen LogP contribution in [0.5, 0.6) is 0 Å². The number of halogens is 2. The number of nitrogens with one attached hydrogen (secondary N) is 1. The maximum absolute atomic E-state index is 12.8. The van der Waals surface area contributed by atoms with Gasteiger partial charge in [0.2, 0.25) is 17.7 Å². The molecule has 7 nitrogen and oxygen atoms in total. The van der Waals surface area contributed by atoms with Crippen LogP contribution in [0, 0.1) is 0 Å². The summed E-state index contributed by atoms with van der Waals surface area (Å²) in [5, 5.41) is 7.58. The number of aryl methyl sites for hydroxylation is 1. The average Bonchev–Trinajstić information content (AvgIpc) is 3.20. The molecule has 1 aliphatic rings. The minimum atomic E-state index is -0.489. The van der Waals surface area contributed by atoms with Gasteiger partial charge in [-0.15, -0.1) is 0 Å². The second-order valence-electron chi connectivity index (χ2n) is 7.77. The van der Waals surface area contributed by atoms with E-state index in [4.69, 9.17) is 27.7 Å². The first-order valence-electron chi connectivity index (χ1n) is 10.2. The lowest BCUT2D eigenvalue weighted by Crippen LogP contribution is -2.50. The van der Waals surface area contributed by atoms with E-state index in [-0.39, 0.29) is 17.7 Å². The van der Waals surface area contributed by atoms with Crippen LogP contribution >= 0.6 is 23.2 Å². The molecule has 2 amide bonds. The second-order valence-corrected chi connectivity index (χ2v) is 8.59. The molecule has 1 aromatic carbocycles. The number of anilines is 1. The first-order valence-corrected chi connectivity index (χ1v) is 11.0. The van der Waals surface area contributed by atoms with Crippen LogP contribution in [0.3, 0.4) is 0 Å². The van der Waals surface area contributed by atoms with E-state index in [1.165, 1.54) is 0 Å². The maximum atomic E-state index is 12.8. The number of benzene rings is 1. The number of piperidine rings is 1. The van der Waals surface area contributed by atoms with E-state index in [0.29, 0.717) is 59.7 Å². The molecule has 1 N–H and O–H groups in total. The van der Waals surface area contributed by atoms with Gasteiger partial charge in [-0.2, -0.15) is 4.98 Å². The number of hydrogen-bond acceptors (Lipinski definition) is 5. The molecule has 2 aromatic rings. The molecule has 0 saturated carbocycles. The van der Waals surface area contributed by atoms with Gasteiger partial charge in [0, 0.05) is 31.0 Å². The van der Waals surface area contributed by atoms with Crippen molar-refractivity contribution in [3.8, 4) is 0 Å². The first-order chi connectivity index (χ1) is 14.3. The zero-order chi connectivity index (χ0) is 21.7. The number of aromatic nitrogens is 2. The van der Waals surface area contributed by atoms with Crippen LogP contribution in [0.1, 0.15) is 63.6 Å². The zero-order valence-electron chi connectivity index (χ0n) is 17.2. The largest absolute Gasteiger partial charge is 0.339 e. The second kappa shape index (κ2) is 10.3. The van der Waals surface area contributed by atoms with E-state index in [1.807, 2.05) is 13.8 Å². The molecule has 1 fully saturated rings. The van der Waals surface area contributed by atoms with Crippen LogP contribution in [0.15, 0.2) is 22.7 Å². The van der Waals surface area contributed by atoms with Crippen LogP contribution in [0.2, 0.25) is 10.0 Å². The van der Waals surface area contributed by atoms with Gasteiger partial charge in [0.15, 0.2) is 5.82 Å². The van der Waals surface area contributed by atoms with Crippen molar-refractivity contribution in [3.05, 3.63) is 40.0 Å². The summed E-state index contributed by atoms with van der Waals surface area (Å²) in [4.78, 5) is 31.7. The molecule has 9 heteroatoms. The number of amides is 2. The highest BCUT2D eigenvalue weighted by molar-refractivity contribution is 6.42. The van der Waals surface area contributed by atoms with Gasteiger partial charge in [-0.25, -0.2) is 0 Å². The number of rotatable bonds is 7. The summed E-state index contributed by atoms with van der Waals surface area (Å²) in [5.41, 5.74) is 0.560. The van der Waals surface area contributed by atoms with Gasteiger partial charge in [0.05, 0.1) is 10.0 Å². The summed E-state index contributed by atoms with van der Waals surface area (Å²) in [6.45, 7) is 4.58. The van der Waals surface area contributed by atoms with Crippen molar-refractivity contribution in [1.82, 2.24) is 15.0 Å². The molecule has 1 saturated heterocycles. The molecule has 0 bridgehead atoms. The fourth-order valence-corrected chi connectivity index (χ4v) is 3.74. The maximum Gasteiger partial charge on any atom is 0.247 e. The normalized spacial score (nSPS) is 16.7. The van der Waals surface area contributed by atoms with Crippen LogP contribution < -0.4 is 5.32 Å². The van der Waals surface area contributed by atoms with Gasteiger partial charge in [0.1, 0.15) is 6.04 Å². The zero-order valence-corrected chi connectivity index (χ0v) is 18.7. The lowest BCUT2D eigenvalue weighted by Gasteiger charge is -2.34. The van der Waals surface area contributed by atoms with Gasteiger partial charge >= 0.3 is 0 Å². The Balaban J connectivity index is 1.56. The van der Waals surface area contributed by atoms with Crippen LogP contribution in [-0.4, -0.2) is 39.4 Å². The lowest BCUT2D eigenvalue weighted by atomic mass is 10.00. The van der Waals surface area contributed by atoms with E-state index in [1.54, 1.807) is 23.1 Å². The Labute approximate surface area is 186 Å². The van der Waals surface area contributed by atoms with Crippen molar-refractivity contribution in [2.24, 2.45) is 0 Å². The molecule has 1 unspecified atom stereocenters. The summed E-state index contributed by atoms with van der Waals surface area (Å²) < 4.78 is 5.23. The van der Waals surface area contributed by atoms with Crippen molar-refractivity contribution in [2.45, 2.75) is 64.3 Å². The molecule has 1 aliphatic heterocycles. The standard InChI is InChI=1S/C21H26Cl2N4O3/c1-13(2)20-25-18(30-26-20)7-5-8-19(28)27-11-4-3-6-17(27)21(29)24-14-9-10-15(22)16(23)12-14/h9-10,12-13,17H,3-8,11H2,1-2H3,(H,24,29). The highest BCUT2D eigenvalue weighted by atomic mass is 35.5. The van der Waals surface area contributed by atoms with Gasteiger partial charge in [-0.1, -0.05) is 42.2 Å². The molecule has 1 aromatic heterocycles. The van der Waals surface area contributed by atoms with Crippen LogP contribution in [0.4, 0.5) is 5.69 Å². The van der Waals surface area contributed by atoms with Crippen molar-refractivity contribution in [1.29, 1.82) is 0 Å². The molecule has 30 heavy (non-hydrogen) atoms. The Morgan fingerprint density at radius 3 is 2.77 bits per heavy atom. The summed E-state index contributed by atoms with van der Waals surface area (Å²) >= 11 is 12.0. The predicted octanol–water partition coefficient (Wildman–Crippen LogP) is 4.84. The van der Waals surface area contributed by atoms with Crippen molar-refractivity contribution in [3.63, 3.8) is 0 Å². The Morgan fingerprint density at radius 1 is 1.27 bits per heavy atom. The minimum Gasteiger partial charge on any atom is -0.339 e. The Kier molecular flexibility index (Phi) is 7.72. The first kappa shape index (κ1) is 22.6. The average molecular weight is 453 g/mol. The SMILES string of the molecule is CC(C)c1noc(CCCC(=O)N2CCCCC2C(=O)Nc2ccc(Cl)c(Cl)c2)n1. The molecular weight excluding hydrogens is 427 g/mol. The molecule has 0 spiro atoms. The summed E-state index contributed by atoms with van der Waals surface area (Å²) in [6, 6.07) is 4.44. The van der Waals surface area contributed by atoms with E-state index in [2.05, 4.69) is 15.5 Å². The predicted molar refractivity (Wildman–Crippen MR) is 116 cm³/mol. The van der Waals surface area contributed by atoms with Gasteiger partial charge in [-0.3, -0.25) is 9.59 Å². The quantitative estimate of drug-likeness (QED) is 0.648. The van der Waals surface area contributed by atoms with E-state index in [0.717, 1.165) is 12.8 Å². The van der Waals surface area contributed by atoms with Crippen molar-refractivity contribution < 1.29 is 14.1 Å². The third kappa shape index (κ3) is 5.73. The fraction of sp³-hybridized carbons (Fsp3) is 0.524. The van der Waals surface area contributed by atoms with Crippen LogP contribution in [-0.2, 0) is 16.0 Å². The molecule has 162 valence electrons. The highest BCUT2D eigenvalue weighted by Gasteiger charge is 2.32. The van der Waals surface area contributed by atoms with Gasteiger partial charge in [0.25, 0.3) is 0 Å². The van der Waals surface area contributed by atoms with Gasteiger partial charge < -0.3 is 14.7 Å². The van der Waals surface area contributed by atoms with E-state index in [9.17, 15) is 9.59 Å². The van der Waals surface area contributed by atoms with Crippen LogP contribution in [0.25, 0.3) is 0 Å². The topological polar surface area (TPSA) is 88.3 Å². The van der Waals surface area contributed by atoms with E-state index >= 15 is 0 Å². The summed E-state index contributed by atoms with van der Waals surface area (Å²) in [7, 11) is 0. The Morgan fingerprint density at radius 2 is 2.07 bits per heavy atom. The monoisotopic (exact) mass is 452 g/mol. The Hall–Kier alpha value is -2.12. The molecule has 0 radical (unpaired) electrons. The number of carbonyl (C=O) groups excluding carboxylic acids is 2. The summed E-state index contributed by atoms with van der Waals surface area (Å²) in [5.74, 6) is 1.17. The molecule has 0 aliphatic carbocycles. The Bertz CT molecular complexity index is 900. The lowest BCUT2D eigenvalue weighted by molar-refractivity contribution is -0.140. The number of nitrogens with zero attached hydrogens (tertiary/aromatic N) is 3. The van der Waals surface area contributed by atoms with Crippen molar-refractivity contribution in [2.75, 3.05) is 11.9 Å². The smallest absolute Gasteiger partial charge is 0.247 e. The fourth-order valence-electron chi connectivity index (χ4n) is 3.44. The van der Waals surface area contributed by atoms with E-state index < -0.39 is 6.04 Å². The number of hydrogen-bond donors (Lipinski definition) is 1. The number of likely N-dealkylation sites (tertiary alicyclic amines) is 1.